The van der Waals surface area contributed by atoms with E-state index in [1.165, 1.54) is 12.0 Å². The summed E-state index contributed by atoms with van der Waals surface area (Å²) in [6, 6.07) is 0. The summed E-state index contributed by atoms with van der Waals surface area (Å²) < 4.78 is 0. The minimum atomic E-state index is 0. The summed E-state index contributed by atoms with van der Waals surface area (Å²) in [6.07, 6.45) is 3.30. The molecule has 1 unspecified atom stereocenters. The zero-order valence-corrected chi connectivity index (χ0v) is 9.15. The van der Waals surface area contributed by atoms with Gasteiger partial charge in [-0.1, -0.05) is 6.92 Å². The second-order valence-corrected chi connectivity index (χ2v) is 2.92. The molecule has 0 amide bonds. The van der Waals surface area contributed by atoms with Crippen molar-refractivity contribution in [3.63, 3.8) is 0 Å². The quantitative estimate of drug-likeness (QED) is 0.472. The van der Waals surface area contributed by atoms with Crippen LogP contribution >= 0.6 is 0 Å². The summed E-state index contributed by atoms with van der Waals surface area (Å²) in [4.78, 5) is 0. The molecule has 0 aromatic heterocycles. The van der Waals surface area contributed by atoms with Gasteiger partial charge in [0.15, 0.2) is 0 Å². The summed E-state index contributed by atoms with van der Waals surface area (Å²) in [5.74, 6) is 1.24. The fourth-order valence-corrected chi connectivity index (χ4v) is 1.27. The van der Waals surface area contributed by atoms with Gasteiger partial charge in [-0.15, -0.1) is 0 Å². The second kappa shape index (κ2) is 4.42. The maximum absolute atomic E-state index is 9.23. The van der Waals surface area contributed by atoms with E-state index < -0.39 is 0 Å². The first kappa shape index (κ1) is 10.5. The molecule has 0 spiro atoms. The number of aliphatic hydroxyl groups excluding tert-OH is 1. The molecule has 1 atom stereocenters. The van der Waals surface area contributed by atoms with Crippen LogP contribution < -0.4 is 29.6 Å². The Morgan fingerprint density at radius 3 is 2.60 bits per heavy atom. The van der Waals surface area contributed by atoms with E-state index in [9.17, 15) is 5.11 Å². The van der Waals surface area contributed by atoms with Gasteiger partial charge in [0.1, 0.15) is 0 Å². The fourth-order valence-electron chi connectivity index (χ4n) is 1.27. The van der Waals surface area contributed by atoms with Gasteiger partial charge in [-0.05, 0) is 31.3 Å². The molecule has 0 saturated heterocycles. The molecule has 1 rings (SSSR count). The van der Waals surface area contributed by atoms with Crippen molar-refractivity contribution in [3.8, 4) is 0 Å². The van der Waals surface area contributed by atoms with Crippen LogP contribution in [0.25, 0.3) is 0 Å². The van der Waals surface area contributed by atoms with E-state index in [2.05, 4.69) is 6.92 Å². The number of allylic oxidation sites excluding steroid dienone is 2. The Bertz CT molecular complexity index is 145. The molecule has 0 heterocycles. The van der Waals surface area contributed by atoms with Crippen LogP contribution in [0.4, 0.5) is 0 Å². The minimum absolute atomic E-state index is 0. The van der Waals surface area contributed by atoms with Gasteiger partial charge >= 0.3 is 29.6 Å². The van der Waals surface area contributed by atoms with Gasteiger partial charge in [0, 0.05) is 6.42 Å². The van der Waals surface area contributed by atoms with Gasteiger partial charge in [-0.3, -0.25) is 0 Å². The molecule has 10 heavy (non-hydrogen) atoms. The topological polar surface area (TPSA) is 20.2 Å². The largest absolute Gasteiger partial charge is 1.00 e. The van der Waals surface area contributed by atoms with E-state index in [4.69, 9.17) is 0 Å². The smallest absolute Gasteiger partial charge is 1.00 e. The van der Waals surface area contributed by atoms with E-state index in [-0.39, 0.29) is 31.0 Å². The van der Waals surface area contributed by atoms with Crippen LogP contribution in [0.3, 0.4) is 0 Å². The first-order valence-electron chi connectivity index (χ1n) is 3.60. The summed E-state index contributed by atoms with van der Waals surface area (Å²) in [5.41, 5.74) is 1.20. The molecule has 0 fully saturated rings. The Hall–Kier alpha value is 0.540. The van der Waals surface area contributed by atoms with Crippen molar-refractivity contribution < 1.29 is 36.1 Å². The third-order valence-electron chi connectivity index (χ3n) is 2.25. The maximum atomic E-state index is 9.23. The predicted octanol–water partition coefficient (Wildman–Crippen LogP) is -0.245. The Kier molecular flexibility index (Phi) is 4.66. The standard InChI is InChI=1S/C8H14O.Na.H/c1-6-4-3-5-8(9)7(6)2;;/h6,9H,3-5H2,1-2H3;;/q;+1;-1. The van der Waals surface area contributed by atoms with Crippen LogP contribution in [0, 0.1) is 5.92 Å². The van der Waals surface area contributed by atoms with Crippen LogP contribution in [0.15, 0.2) is 11.3 Å². The Morgan fingerprint density at radius 2 is 2.20 bits per heavy atom. The van der Waals surface area contributed by atoms with Crippen LogP contribution in [0.2, 0.25) is 0 Å². The molecule has 0 aromatic carbocycles. The SMILES string of the molecule is CC1=C(O)CCCC1C.[H-].[Na+]. The van der Waals surface area contributed by atoms with Crippen LogP contribution in [0.1, 0.15) is 34.5 Å². The summed E-state index contributed by atoms with van der Waals surface area (Å²) in [7, 11) is 0. The number of rotatable bonds is 0. The van der Waals surface area contributed by atoms with Crippen molar-refractivity contribution >= 4 is 0 Å². The summed E-state index contributed by atoms with van der Waals surface area (Å²) in [6.45, 7) is 4.20. The molecule has 0 aromatic rings. The van der Waals surface area contributed by atoms with Gasteiger partial charge in [0.05, 0.1) is 5.76 Å². The molecule has 0 bridgehead atoms. The summed E-state index contributed by atoms with van der Waals surface area (Å²) in [5, 5.41) is 9.23. The Balaban J connectivity index is 0. The molecule has 0 saturated carbocycles. The van der Waals surface area contributed by atoms with Gasteiger partial charge in [-0.25, -0.2) is 0 Å². The Labute approximate surface area is 86.3 Å². The Morgan fingerprint density at radius 1 is 1.60 bits per heavy atom. The molecule has 54 valence electrons. The third-order valence-corrected chi connectivity index (χ3v) is 2.25. The summed E-state index contributed by atoms with van der Waals surface area (Å²) >= 11 is 0. The first-order chi connectivity index (χ1) is 4.22. The van der Waals surface area contributed by atoms with Crippen molar-refractivity contribution in [1.29, 1.82) is 0 Å². The third kappa shape index (κ3) is 2.30. The van der Waals surface area contributed by atoms with Crippen molar-refractivity contribution in [2.75, 3.05) is 0 Å². The number of hydrogen-bond acceptors (Lipinski definition) is 1. The van der Waals surface area contributed by atoms with Crippen molar-refractivity contribution in [3.05, 3.63) is 11.3 Å². The molecule has 0 radical (unpaired) electrons. The number of aliphatic hydroxyl groups is 1. The fraction of sp³-hybridized carbons (Fsp3) is 0.750. The zero-order chi connectivity index (χ0) is 6.85. The van der Waals surface area contributed by atoms with Crippen LogP contribution in [0.5, 0.6) is 0 Å². The van der Waals surface area contributed by atoms with Crippen LogP contribution in [-0.2, 0) is 0 Å². The van der Waals surface area contributed by atoms with Gasteiger partial charge in [0.2, 0.25) is 0 Å². The monoisotopic (exact) mass is 150 g/mol. The minimum Gasteiger partial charge on any atom is -1.00 e. The van der Waals surface area contributed by atoms with Crippen molar-refractivity contribution in [1.82, 2.24) is 0 Å². The molecule has 1 aliphatic carbocycles. The first-order valence-corrected chi connectivity index (χ1v) is 3.60. The van der Waals surface area contributed by atoms with Crippen LogP contribution in [-0.4, -0.2) is 5.11 Å². The van der Waals surface area contributed by atoms with E-state index >= 15 is 0 Å². The van der Waals surface area contributed by atoms with Crippen molar-refractivity contribution in [2.24, 2.45) is 5.92 Å². The van der Waals surface area contributed by atoms with Gasteiger partial charge in [-0.2, -0.15) is 0 Å². The molecule has 1 N–H and O–H groups in total. The van der Waals surface area contributed by atoms with Gasteiger partial charge in [0.25, 0.3) is 0 Å². The molecule has 0 aliphatic heterocycles. The average Bonchev–Trinajstić information content (AvgIpc) is 1.83. The molecular formula is C8H15NaO. The van der Waals surface area contributed by atoms with E-state index in [1.807, 2.05) is 6.92 Å². The zero-order valence-electron chi connectivity index (χ0n) is 8.15. The molecule has 2 heteroatoms. The molecular weight excluding hydrogens is 135 g/mol. The van der Waals surface area contributed by atoms with E-state index in [1.54, 1.807) is 0 Å². The maximum Gasteiger partial charge on any atom is 1.00 e. The average molecular weight is 150 g/mol. The van der Waals surface area contributed by atoms with Crippen molar-refractivity contribution in [2.45, 2.75) is 33.1 Å². The molecule has 1 nitrogen and oxygen atoms in total. The molecule has 1 aliphatic rings. The second-order valence-electron chi connectivity index (χ2n) is 2.92. The predicted molar refractivity (Wildman–Crippen MR) is 39.5 cm³/mol. The van der Waals surface area contributed by atoms with E-state index in [0.717, 1.165) is 12.8 Å². The van der Waals surface area contributed by atoms with Gasteiger partial charge < -0.3 is 6.53 Å². The van der Waals surface area contributed by atoms with E-state index in [0.29, 0.717) is 11.7 Å². The number of hydrogen-bond donors (Lipinski definition) is 1. The normalized spacial score (nSPS) is 26.0.